The lowest BCUT2D eigenvalue weighted by atomic mass is 9.96. The number of hydrogen-bond acceptors (Lipinski definition) is 4. The summed E-state index contributed by atoms with van der Waals surface area (Å²) in [7, 11) is 2.26. The van der Waals surface area contributed by atoms with Crippen molar-refractivity contribution in [1.82, 2.24) is 15.1 Å². The molecule has 4 heteroatoms. The van der Waals surface area contributed by atoms with Gasteiger partial charge in [0.05, 0.1) is 0 Å². The van der Waals surface area contributed by atoms with Gasteiger partial charge in [0.15, 0.2) is 5.82 Å². The maximum Gasteiger partial charge on any atom is 0.151 e. The Kier molecular flexibility index (Phi) is 2.32. The van der Waals surface area contributed by atoms with Crippen molar-refractivity contribution >= 4 is 5.82 Å². The smallest absolute Gasteiger partial charge is 0.151 e. The molecular formula is C12H18N4. The molecule has 0 saturated carbocycles. The largest absolute Gasteiger partial charge is 0.353 e. The summed E-state index contributed by atoms with van der Waals surface area (Å²) in [6, 6.07) is 4.02. The normalized spacial score (nSPS) is 30.4. The molecule has 2 aliphatic heterocycles. The van der Waals surface area contributed by atoms with Gasteiger partial charge in [-0.3, -0.25) is 4.90 Å². The minimum Gasteiger partial charge on any atom is -0.353 e. The molecule has 1 aromatic rings. The van der Waals surface area contributed by atoms with Crippen LogP contribution in [0.1, 0.15) is 19.3 Å². The van der Waals surface area contributed by atoms with Gasteiger partial charge >= 0.3 is 0 Å². The van der Waals surface area contributed by atoms with Crippen LogP contribution in [0, 0.1) is 0 Å². The van der Waals surface area contributed by atoms with E-state index < -0.39 is 0 Å². The predicted octanol–water partition coefficient (Wildman–Crippen LogP) is 1.15. The lowest BCUT2D eigenvalue weighted by Gasteiger charge is -2.31. The number of aromatic nitrogens is 2. The van der Waals surface area contributed by atoms with Gasteiger partial charge in [-0.2, -0.15) is 5.10 Å². The third-order valence-corrected chi connectivity index (χ3v) is 4.16. The van der Waals surface area contributed by atoms with Crippen LogP contribution in [-0.4, -0.2) is 47.3 Å². The number of likely N-dealkylation sites (N-methyl/N-ethyl adjacent to an activating group) is 1. The van der Waals surface area contributed by atoms with Crippen molar-refractivity contribution in [2.75, 3.05) is 31.6 Å². The summed E-state index contributed by atoms with van der Waals surface area (Å²) in [4.78, 5) is 4.90. The SMILES string of the molecule is CN1CCCC12CCN(c1cccnn1)C2. The van der Waals surface area contributed by atoms with Gasteiger partial charge in [-0.1, -0.05) is 0 Å². The number of hydrogen-bond donors (Lipinski definition) is 0. The van der Waals surface area contributed by atoms with Crippen LogP contribution in [0.15, 0.2) is 18.3 Å². The first-order chi connectivity index (χ1) is 7.80. The Morgan fingerprint density at radius 2 is 2.25 bits per heavy atom. The number of likely N-dealkylation sites (tertiary alicyclic amines) is 1. The average molecular weight is 218 g/mol. The quantitative estimate of drug-likeness (QED) is 0.708. The van der Waals surface area contributed by atoms with E-state index in [1.54, 1.807) is 6.20 Å². The standard InChI is InChI=1S/C12H18N4/c1-15-8-3-5-12(15)6-9-16(10-12)11-4-2-7-13-14-11/h2,4,7H,3,5-6,8-10H2,1H3. The molecule has 0 radical (unpaired) electrons. The van der Waals surface area contributed by atoms with Gasteiger partial charge in [0.25, 0.3) is 0 Å². The Balaban J connectivity index is 1.78. The van der Waals surface area contributed by atoms with Crippen LogP contribution in [0.25, 0.3) is 0 Å². The lowest BCUT2D eigenvalue weighted by Crippen LogP contribution is -2.43. The summed E-state index contributed by atoms with van der Waals surface area (Å²) in [5.41, 5.74) is 0.414. The Morgan fingerprint density at radius 1 is 1.31 bits per heavy atom. The predicted molar refractivity (Wildman–Crippen MR) is 63.5 cm³/mol. The first-order valence-corrected chi connectivity index (χ1v) is 6.04. The van der Waals surface area contributed by atoms with Gasteiger partial charge < -0.3 is 4.90 Å². The zero-order valence-electron chi connectivity index (χ0n) is 9.76. The van der Waals surface area contributed by atoms with Crippen molar-refractivity contribution < 1.29 is 0 Å². The fourth-order valence-corrected chi connectivity index (χ4v) is 3.10. The van der Waals surface area contributed by atoms with Crippen molar-refractivity contribution in [2.45, 2.75) is 24.8 Å². The van der Waals surface area contributed by atoms with E-state index in [9.17, 15) is 0 Å². The van der Waals surface area contributed by atoms with Crippen LogP contribution in [0.5, 0.6) is 0 Å². The number of nitrogens with zero attached hydrogens (tertiary/aromatic N) is 4. The molecule has 0 amide bonds. The van der Waals surface area contributed by atoms with E-state index in [4.69, 9.17) is 0 Å². The van der Waals surface area contributed by atoms with Crippen molar-refractivity contribution in [3.05, 3.63) is 18.3 Å². The molecule has 1 unspecified atom stereocenters. The minimum absolute atomic E-state index is 0.414. The maximum absolute atomic E-state index is 4.20. The molecule has 3 rings (SSSR count). The van der Waals surface area contributed by atoms with E-state index in [2.05, 4.69) is 33.1 Å². The second kappa shape index (κ2) is 3.70. The summed E-state index contributed by atoms with van der Waals surface area (Å²) >= 11 is 0. The van der Waals surface area contributed by atoms with Crippen molar-refractivity contribution in [3.8, 4) is 0 Å². The Bertz CT molecular complexity index is 367. The van der Waals surface area contributed by atoms with Gasteiger partial charge in [0, 0.05) is 24.8 Å². The van der Waals surface area contributed by atoms with E-state index in [1.807, 2.05) is 6.07 Å². The summed E-state index contributed by atoms with van der Waals surface area (Å²) in [6.45, 7) is 3.47. The first-order valence-electron chi connectivity index (χ1n) is 6.04. The summed E-state index contributed by atoms with van der Waals surface area (Å²) < 4.78 is 0. The molecule has 2 saturated heterocycles. The van der Waals surface area contributed by atoms with Gasteiger partial charge in [-0.15, -0.1) is 5.10 Å². The van der Waals surface area contributed by atoms with E-state index >= 15 is 0 Å². The number of anilines is 1. The van der Waals surface area contributed by atoms with E-state index in [0.717, 1.165) is 18.9 Å². The topological polar surface area (TPSA) is 32.3 Å². The molecule has 2 fully saturated rings. The van der Waals surface area contributed by atoms with E-state index in [1.165, 1.54) is 25.8 Å². The van der Waals surface area contributed by atoms with Gasteiger partial charge in [-0.05, 0) is 45.0 Å². The van der Waals surface area contributed by atoms with Crippen LogP contribution in [0.2, 0.25) is 0 Å². The monoisotopic (exact) mass is 218 g/mol. The van der Waals surface area contributed by atoms with Gasteiger partial charge in [0.2, 0.25) is 0 Å². The van der Waals surface area contributed by atoms with Crippen molar-refractivity contribution in [2.24, 2.45) is 0 Å². The molecule has 1 atom stereocenters. The highest BCUT2D eigenvalue weighted by Gasteiger charge is 2.44. The summed E-state index contributed by atoms with van der Waals surface area (Å²) in [5, 5.41) is 8.16. The molecule has 1 spiro atoms. The molecule has 1 aromatic heterocycles. The third-order valence-electron chi connectivity index (χ3n) is 4.16. The molecular weight excluding hydrogens is 200 g/mol. The summed E-state index contributed by atoms with van der Waals surface area (Å²) in [6.07, 6.45) is 5.67. The number of rotatable bonds is 1. The fraction of sp³-hybridized carbons (Fsp3) is 0.667. The highest BCUT2D eigenvalue weighted by molar-refractivity contribution is 5.39. The lowest BCUT2D eigenvalue weighted by molar-refractivity contribution is 0.198. The van der Waals surface area contributed by atoms with Crippen LogP contribution >= 0.6 is 0 Å². The van der Waals surface area contributed by atoms with Gasteiger partial charge in [0.1, 0.15) is 0 Å². The van der Waals surface area contributed by atoms with Crippen molar-refractivity contribution in [3.63, 3.8) is 0 Å². The first kappa shape index (κ1) is 10.0. The molecule has 0 N–H and O–H groups in total. The molecule has 2 aliphatic rings. The molecule has 0 aliphatic carbocycles. The van der Waals surface area contributed by atoms with Crippen LogP contribution in [0.3, 0.4) is 0 Å². The Hall–Kier alpha value is -1.16. The average Bonchev–Trinajstić information content (AvgIpc) is 2.90. The van der Waals surface area contributed by atoms with Gasteiger partial charge in [-0.25, -0.2) is 0 Å². The maximum atomic E-state index is 4.20. The fourth-order valence-electron chi connectivity index (χ4n) is 3.10. The molecule has 16 heavy (non-hydrogen) atoms. The summed E-state index contributed by atoms with van der Waals surface area (Å²) in [5.74, 6) is 1.03. The second-order valence-electron chi connectivity index (χ2n) is 5.00. The van der Waals surface area contributed by atoms with Crippen molar-refractivity contribution in [1.29, 1.82) is 0 Å². The zero-order valence-corrected chi connectivity index (χ0v) is 9.76. The minimum atomic E-state index is 0.414. The second-order valence-corrected chi connectivity index (χ2v) is 5.00. The highest BCUT2D eigenvalue weighted by Crippen LogP contribution is 2.37. The molecule has 86 valence electrons. The molecule has 3 heterocycles. The van der Waals surface area contributed by atoms with Crippen LogP contribution in [-0.2, 0) is 0 Å². The third kappa shape index (κ3) is 1.48. The van der Waals surface area contributed by atoms with E-state index in [-0.39, 0.29) is 0 Å². The molecule has 4 nitrogen and oxygen atoms in total. The van der Waals surface area contributed by atoms with Crippen LogP contribution < -0.4 is 4.90 Å². The Labute approximate surface area is 96.3 Å². The zero-order chi connectivity index (χ0) is 11.0. The van der Waals surface area contributed by atoms with E-state index in [0.29, 0.717) is 5.54 Å². The van der Waals surface area contributed by atoms with Crippen LogP contribution in [0.4, 0.5) is 5.82 Å². The molecule has 0 bridgehead atoms. The highest BCUT2D eigenvalue weighted by atomic mass is 15.3. The molecule has 0 aromatic carbocycles. The Morgan fingerprint density at radius 3 is 2.94 bits per heavy atom.